The van der Waals surface area contributed by atoms with E-state index in [1.54, 1.807) is 4.68 Å². The smallest absolute Gasteiger partial charge is 0.264 e. The molecular formula is C11H9Cl2N3O2. The third kappa shape index (κ3) is 2.47. The van der Waals surface area contributed by atoms with Crippen LogP contribution in [0.4, 0.5) is 5.69 Å². The van der Waals surface area contributed by atoms with Gasteiger partial charge < -0.3 is 0 Å². The van der Waals surface area contributed by atoms with E-state index in [2.05, 4.69) is 5.10 Å². The molecule has 0 bridgehead atoms. The molecular weight excluding hydrogens is 277 g/mol. The van der Waals surface area contributed by atoms with E-state index in [0.717, 1.165) is 5.69 Å². The summed E-state index contributed by atoms with van der Waals surface area (Å²) < 4.78 is 1.65. The molecule has 5 nitrogen and oxygen atoms in total. The first-order valence-corrected chi connectivity index (χ1v) is 5.85. The summed E-state index contributed by atoms with van der Waals surface area (Å²) in [5, 5.41) is 15.8. The summed E-state index contributed by atoms with van der Waals surface area (Å²) in [5.74, 6) is 0. The van der Waals surface area contributed by atoms with Gasteiger partial charge in [0.15, 0.2) is 0 Å². The van der Waals surface area contributed by atoms with Crippen molar-refractivity contribution in [1.82, 2.24) is 9.78 Å². The van der Waals surface area contributed by atoms with Crippen molar-refractivity contribution in [1.29, 1.82) is 0 Å². The average molecular weight is 286 g/mol. The second-order valence-corrected chi connectivity index (χ2v) is 4.58. The predicted octanol–water partition coefficient (Wildman–Crippen LogP) is 3.45. The van der Waals surface area contributed by atoms with Gasteiger partial charge in [0, 0.05) is 17.2 Å². The fourth-order valence-corrected chi connectivity index (χ4v) is 1.86. The molecule has 0 aliphatic heterocycles. The van der Waals surface area contributed by atoms with Gasteiger partial charge >= 0.3 is 0 Å². The zero-order valence-electron chi connectivity index (χ0n) is 9.43. The summed E-state index contributed by atoms with van der Waals surface area (Å²) in [6, 6.07) is 4.32. The first-order chi connectivity index (χ1) is 8.49. The monoisotopic (exact) mass is 285 g/mol. The summed E-state index contributed by atoms with van der Waals surface area (Å²) in [7, 11) is 0. The number of nitrogens with zero attached hydrogens (tertiary/aromatic N) is 3. The molecule has 94 valence electrons. The van der Waals surface area contributed by atoms with Crippen LogP contribution in [0.5, 0.6) is 0 Å². The molecule has 0 N–H and O–H groups in total. The molecule has 1 aromatic carbocycles. The molecule has 7 heteroatoms. The number of nitro benzene ring substituents is 1. The molecule has 0 radical (unpaired) electrons. The Hall–Kier alpha value is -1.59. The van der Waals surface area contributed by atoms with Crippen molar-refractivity contribution >= 4 is 28.9 Å². The summed E-state index contributed by atoms with van der Waals surface area (Å²) in [4.78, 5) is 10.3. The van der Waals surface area contributed by atoms with E-state index in [9.17, 15) is 10.1 Å². The third-order valence-electron chi connectivity index (χ3n) is 2.60. The molecule has 0 saturated carbocycles. The van der Waals surface area contributed by atoms with Gasteiger partial charge in [0.1, 0.15) is 0 Å². The van der Waals surface area contributed by atoms with Crippen molar-refractivity contribution in [2.24, 2.45) is 0 Å². The van der Waals surface area contributed by atoms with E-state index in [4.69, 9.17) is 23.2 Å². The van der Waals surface area contributed by atoms with Gasteiger partial charge in [0.2, 0.25) is 0 Å². The van der Waals surface area contributed by atoms with Gasteiger partial charge in [-0.15, -0.1) is 0 Å². The van der Waals surface area contributed by atoms with E-state index in [1.807, 2.05) is 6.92 Å². The maximum Gasteiger partial charge on any atom is 0.269 e. The van der Waals surface area contributed by atoms with Crippen LogP contribution in [0.15, 0.2) is 24.4 Å². The van der Waals surface area contributed by atoms with Crippen LogP contribution in [0, 0.1) is 17.0 Å². The van der Waals surface area contributed by atoms with Gasteiger partial charge in [-0.05, 0) is 18.6 Å². The molecule has 0 saturated heterocycles. The Balaban J connectivity index is 2.36. The minimum Gasteiger partial charge on any atom is -0.264 e. The van der Waals surface area contributed by atoms with Crippen LogP contribution in [-0.4, -0.2) is 14.7 Å². The van der Waals surface area contributed by atoms with E-state index >= 15 is 0 Å². The average Bonchev–Trinajstić information content (AvgIpc) is 2.63. The quantitative estimate of drug-likeness (QED) is 0.641. The molecule has 1 aromatic heterocycles. The van der Waals surface area contributed by atoms with Crippen molar-refractivity contribution < 1.29 is 4.92 Å². The van der Waals surface area contributed by atoms with Gasteiger partial charge in [-0.25, -0.2) is 0 Å². The Morgan fingerprint density at radius 1 is 1.39 bits per heavy atom. The highest BCUT2D eigenvalue weighted by atomic mass is 35.5. The summed E-state index contributed by atoms with van der Waals surface area (Å²) >= 11 is 11.9. The van der Waals surface area contributed by atoms with Gasteiger partial charge in [-0.3, -0.25) is 14.8 Å². The van der Waals surface area contributed by atoms with Crippen LogP contribution >= 0.6 is 23.2 Å². The lowest BCUT2D eigenvalue weighted by Gasteiger charge is -2.06. The first-order valence-electron chi connectivity index (χ1n) is 5.10. The van der Waals surface area contributed by atoms with E-state index in [1.165, 1.54) is 24.4 Å². The van der Waals surface area contributed by atoms with Crippen LogP contribution in [0.25, 0.3) is 0 Å². The fraction of sp³-hybridized carbons (Fsp3) is 0.182. The Morgan fingerprint density at radius 3 is 2.67 bits per heavy atom. The summed E-state index contributed by atoms with van der Waals surface area (Å²) in [5.41, 5.74) is 1.43. The molecule has 0 aliphatic rings. The molecule has 0 aliphatic carbocycles. The number of aromatic nitrogens is 2. The number of nitro groups is 1. The Morgan fingerprint density at radius 2 is 2.11 bits per heavy atom. The number of rotatable bonds is 3. The molecule has 0 spiro atoms. The molecule has 2 aromatic rings. The number of non-ortho nitro benzene ring substituents is 1. The normalized spacial score (nSPS) is 10.6. The standard InChI is InChI=1S/C11H9Cl2N3O2/c1-7-11(13)5-14-15(7)6-8-4-9(16(17)18)2-3-10(8)12/h2-5H,6H2,1H3. The van der Waals surface area contributed by atoms with Gasteiger partial charge in [0.05, 0.1) is 28.4 Å². The summed E-state index contributed by atoms with van der Waals surface area (Å²) in [6.45, 7) is 2.17. The topological polar surface area (TPSA) is 61.0 Å². The lowest BCUT2D eigenvalue weighted by atomic mass is 10.2. The SMILES string of the molecule is Cc1c(Cl)cnn1Cc1cc([N+](=O)[O-])ccc1Cl. The zero-order valence-corrected chi connectivity index (χ0v) is 10.9. The Labute approximate surface area is 113 Å². The minimum absolute atomic E-state index is 0.00491. The second kappa shape index (κ2) is 4.96. The molecule has 18 heavy (non-hydrogen) atoms. The lowest BCUT2D eigenvalue weighted by molar-refractivity contribution is -0.384. The molecule has 0 fully saturated rings. The molecule has 1 heterocycles. The summed E-state index contributed by atoms with van der Waals surface area (Å²) in [6.07, 6.45) is 1.53. The van der Waals surface area contributed by atoms with E-state index < -0.39 is 4.92 Å². The fourth-order valence-electron chi connectivity index (χ4n) is 1.54. The van der Waals surface area contributed by atoms with Crippen molar-refractivity contribution in [3.8, 4) is 0 Å². The maximum atomic E-state index is 10.7. The van der Waals surface area contributed by atoms with Gasteiger partial charge in [-0.2, -0.15) is 5.10 Å². The van der Waals surface area contributed by atoms with Gasteiger partial charge in [-0.1, -0.05) is 23.2 Å². The van der Waals surface area contributed by atoms with Crippen LogP contribution in [0.2, 0.25) is 10.0 Å². The Kier molecular flexibility index (Phi) is 3.54. The first kappa shape index (κ1) is 12.9. The van der Waals surface area contributed by atoms with Crippen molar-refractivity contribution in [3.05, 3.63) is 55.8 Å². The minimum atomic E-state index is -0.456. The van der Waals surface area contributed by atoms with Crippen molar-refractivity contribution in [2.75, 3.05) is 0 Å². The molecule has 0 unspecified atom stereocenters. The largest absolute Gasteiger partial charge is 0.269 e. The predicted molar refractivity (Wildman–Crippen MR) is 69.2 cm³/mol. The third-order valence-corrected chi connectivity index (χ3v) is 3.34. The molecule has 2 rings (SSSR count). The number of benzene rings is 1. The highest BCUT2D eigenvalue weighted by Crippen LogP contribution is 2.24. The van der Waals surface area contributed by atoms with Crippen LogP contribution in [0.3, 0.4) is 0 Å². The number of hydrogen-bond acceptors (Lipinski definition) is 3. The molecule has 0 amide bonds. The van der Waals surface area contributed by atoms with Crippen molar-refractivity contribution in [3.63, 3.8) is 0 Å². The van der Waals surface area contributed by atoms with E-state index in [0.29, 0.717) is 22.2 Å². The Bertz CT molecular complexity index is 610. The highest BCUT2D eigenvalue weighted by Gasteiger charge is 2.12. The van der Waals surface area contributed by atoms with Gasteiger partial charge in [0.25, 0.3) is 5.69 Å². The molecule has 0 atom stereocenters. The number of hydrogen-bond donors (Lipinski definition) is 0. The van der Waals surface area contributed by atoms with Crippen LogP contribution in [-0.2, 0) is 6.54 Å². The van der Waals surface area contributed by atoms with E-state index in [-0.39, 0.29) is 5.69 Å². The zero-order chi connectivity index (χ0) is 13.3. The highest BCUT2D eigenvalue weighted by molar-refractivity contribution is 6.31. The lowest BCUT2D eigenvalue weighted by Crippen LogP contribution is -2.04. The van der Waals surface area contributed by atoms with Crippen molar-refractivity contribution in [2.45, 2.75) is 13.5 Å². The maximum absolute atomic E-state index is 10.7. The van der Waals surface area contributed by atoms with Crippen LogP contribution < -0.4 is 0 Å². The number of halogens is 2. The second-order valence-electron chi connectivity index (χ2n) is 3.77. The van der Waals surface area contributed by atoms with Crippen LogP contribution in [0.1, 0.15) is 11.3 Å².